The molecule has 0 fully saturated rings. The second-order valence-corrected chi connectivity index (χ2v) is 6.04. The molecule has 19 heavy (non-hydrogen) atoms. The van der Waals surface area contributed by atoms with Gasteiger partial charge in [0, 0.05) is 4.47 Å². The van der Waals surface area contributed by atoms with E-state index in [1.165, 1.54) is 12.1 Å². The van der Waals surface area contributed by atoms with E-state index in [0.29, 0.717) is 4.47 Å². The van der Waals surface area contributed by atoms with Crippen molar-refractivity contribution in [3.63, 3.8) is 0 Å². The quantitative estimate of drug-likeness (QED) is 0.840. The molecule has 2 N–H and O–H groups in total. The van der Waals surface area contributed by atoms with Crippen LogP contribution in [-0.4, -0.2) is 22.8 Å². The van der Waals surface area contributed by atoms with Crippen LogP contribution in [0.1, 0.15) is 31.1 Å². The van der Waals surface area contributed by atoms with Crippen molar-refractivity contribution in [1.29, 1.82) is 0 Å². The van der Waals surface area contributed by atoms with Crippen LogP contribution in [0.5, 0.6) is 0 Å². The lowest BCUT2D eigenvalue weighted by Gasteiger charge is -2.20. The number of rotatable bonds is 2. The molecule has 1 aromatic carbocycles. The van der Waals surface area contributed by atoms with Gasteiger partial charge in [-0.15, -0.1) is 0 Å². The SMILES string of the molecule is CC(C)(C)OC(=O)Nc1cc(Br)cc(C(=O)O)c1Cl. The van der Waals surface area contributed by atoms with Crippen molar-refractivity contribution in [2.45, 2.75) is 26.4 Å². The number of carbonyl (C=O) groups excluding carboxylic acids is 1. The fourth-order valence-electron chi connectivity index (χ4n) is 1.25. The number of ether oxygens (including phenoxy) is 1. The van der Waals surface area contributed by atoms with Crippen LogP contribution in [0.2, 0.25) is 5.02 Å². The van der Waals surface area contributed by atoms with Crippen LogP contribution >= 0.6 is 27.5 Å². The highest BCUT2D eigenvalue weighted by molar-refractivity contribution is 9.10. The summed E-state index contributed by atoms with van der Waals surface area (Å²) in [5.41, 5.74) is -0.595. The van der Waals surface area contributed by atoms with Gasteiger partial charge < -0.3 is 9.84 Å². The van der Waals surface area contributed by atoms with Gasteiger partial charge in [0.15, 0.2) is 0 Å². The third kappa shape index (κ3) is 4.72. The largest absolute Gasteiger partial charge is 0.478 e. The van der Waals surface area contributed by atoms with Crippen LogP contribution in [0.4, 0.5) is 10.5 Å². The minimum absolute atomic E-state index is 0.0541. The number of amides is 1. The van der Waals surface area contributed by atoms with Crippen molar-refractivity contribution in [3.8, 4) is 0 Å². The zero-order chi connectivity index (χ0) is 14.8. The van der Waals surface area contributed by atoms with Gasteiger partial charge in [0.1, 0.15) is 5.60 Å². The Balaban J connectivity index is 3.02. The Bertz CT molecular complexity index is 525. The maximum atomic E-state index is 11.6. The highest BCUT2D eigenvalue weighted by Gasteiger charge is 2.19. The molecule has 1 amide bonds. The molecule has 0 saturated carbocycles. The zero-order valence-corrected chi connectivity index (χ0v) is 12.9. The second kappa shape index (κ2) is 5.79. The lowest BCUT2D eigenvalue weighted by molar-refractivity contribution is 0.0632. The molecule has 104 valence electrons. The van der Waals surface area contributed by atoms with Gasteiger partial charge in [0.05, 0.1) is 16.3 Å². The van der Waals surface area contributed by atoms with Gasteiger partial charge in [-0.25, -0.2) is 9.59 Å². The summed E-state index contributed by atoms with van der Waals surface area (Å²) in [6.07, 6.45) is -0.705. The molecule has 0 aromatic heterocycles. The molecular formula is C12H13BrClNO4. The van der Waals surface area contributed by atoms with Crippen LogP contribution in [0.3, 0.4) is 0 Å². The van der Waals surface area contributed by atoms with Crippen LogP contribution in [0.15, 0.2) is 16.6 Å². The molecule has 0 bridgehead atoms. The zero-order valence-electron chi connectivity index (χ0n) is 10.6. The summed E-state index contributed by atoms with van der Waals surface area (Å²) in [7, 11) is 0. The number of carboxylic acids is 1. The standard InChI is InChI=1S/C12H13BrClNO4/c1-12(2,3)19-11(18)15-8-5-6(13)4-7(9(8)14)10(16)17/h4-5H,1-3H3,(H,15,18)(H,16,17). The van der Waals surface area contributed by atoms with E-state index in [2.05, 4.69) is 21.2 Å². The molecule has 1 rings (SSSR count). The van der Waals surface area contributed by atoms with Crippen LogP contribution in [0, 0.1) is 0 Å². The normalized spacial score (nSPS) is 11.0. The summed E-state index contributed by atoms with van der Waals surface area (Å²) in [5.74, 6) is -1.18. The van der Waals surface area contributed by atoms with Gasteiger partial charge in [-0.2, -0.15) is 0 Å². The van der Waals surface area contributed by atoms with Crippen molar-refractivity contribution < 1.29 is 19.4 Å². The van der Waals surface area contributed by atoms with E-state index in [-0.39, 0.29) is 16.3 Å². The number of carboxylic acid groups (broad SMARTS) is 1. The maximum Gasteiger partial charge on any atom is 0.412 e. The van der Waals surface area contributed by atoms with Crippen molar-refractivity contribution in [2.75, 3.05) is 5.32 Å². The Labute approximate surface area is 124 Å². The lowest BCUT2D eigenvalue weighted by atomic mass is 10.2. The first-order valence-corrected chi connectivity index (χ1v) is 6.49. The Hall–Kier alpha value is -1.27. The van der Waals surface area contributed by atoms with E-state index in [9.17, 15) is 9.59 Å². The Morgan fingerprint density at radius 2 is 1.95 bits per heavy atom. The number of hydrogen-bond donors (Lipinski definition) is 2. The van der Waals surface area contributed by atoms with Crippen LogP contribution in [-0.2, 0) is 4.74 Å². The van der Waals surface area contributed by atoms with Crippen molar-refractivity contribution in [3.05, 3.63) is 27.2 Å². The first kappa shape index (κ1) is 15.8. The number of nitrogens with one attached hydrogen (secondary N) is 1. The number of anilines is 1. The van der Waals surface area contributed by atoms with Gasteiger partial charge in [0.25, 0.3) is 0 Å². The molecule has 7 heteroatoms. The van der Waals surface area contributed by atoms with Crippen LogP contribution in [0.25, 0.3) is 0 Å². The summed E-state index contributed by atoms with van der Waals surface area (Å²) in [6.45, 7) is 5.16. The number of halogens is 2. The van der Waals surface area contributed by atoms with Crippen molar-refractivity contribution >= 4 is 45.3 Å². The summed E-state index contributed by atoms with van der Waals surface area (Å²) < 4.78 is 5.55. The van der Waals surface area contributed by atoms with Crippen molar-refractivity contribution in [2.24, 2.45) is 0 Å². The van der Waals surface area contributed by atoms with Crippen molar-refractivity contribution in [1.82, 2.24) is 0 Å². The Kier molecular flexibility index (Phi) is 4.81. The predicted octanol–water partition coefficient (Wildman–Crippen LogP) is 4.15. The number of benzene rings is 1. The monoisotopic (exact) mass is 349 g/mol. The number of aromatic carboxylic acids is 1. The molecule has 0 aliphatic rings. The smallest absolute Gasteiger partial charge is 0.412 e. The number of hydrogen-bond acceptors (Lipinski definition) is 3. The van der Waals surface area contributed by atoms with Gasteiger partial charge >= 0.3 is 12.1 Å². The molecule has 0 spiro atoms. The summed E-state index contributed by atoms with van der Waals surface area (Å²) >= 11 is 9.07. The second-order valence-electron chi connectivity index (χ2n) is 4.75. The first-order chi connectivity index (χ1) is 8.60. The fourth-order valence-corrected chi connectivity index (χ4v) is 1.94. The average molecular weight is 351 g/mol. The molecule has 1 aromatic rings. The van der Waals surface area contributed by atoms with Gasteiger partial charge in [0.2, 0.25) is 0 Å². The number of carbonyl (C=O) groups is 2. The minimum Gasteiger partial charge on any atom is -0.478 e. The van der Waals surface area contributed by atoms with Gasteiger partial charge in [-0.05, 0) is 32.9 Å². The first-order valence-electron chi connectivity index (χ1n) is 5.32. The minimum atomic E-state index is -1.18. The van der Waals surface area contributed by atoms with E-state index in [1.807, 2.05) is 0 Å². The molecule has 0 unspecified atom stereocenters. The molecule has 0 aliphatic carbocycles. The fraction of sp³-hybridized carbons (Fsp3) is 0.333. The van der Waals surface area contributed by atoms with Gasteiger partial charge in [-0.1, -0.05) is 27.5 Å². The van der Waals surface area contributed by atoms with E-state index in [1.54, 1.807) is 20.8 Å². The molecule has 0 saturated heterocycles. The van der Waals surface area contributed by atoms with Crippen LogP contribution < -0.4 is 5.32 Å². The topological polar surface area (TPSA) is 75.6 Å². The average Bonchev–Trinajstić information content (AvgIpc) is 2.19. The van der Waals surface area contributed by atoms with E-state index in [4.69, 9.17) is 21.4 Å². The summed E-state index contributed by atoms with van der Waals surface area (Å²) in [5, 5.41) is 11.3. The Morgan fingerprint density at radius 3 is 2.42 bits per heavy atom. The molecule has 0 heterocycles. The maximum absolute atomic E-state index is 11.6. The highest BCUT2D eigenvalue weighted by Crippen LogP contribution is 2.30. The summed E-state index contributed by atoms with van der Waals surface area (Å²) in [6, 6.07) is 2.85. The third-order valence-electron chi connectivity index (χ3n) is 1.90. The lowest BCUT2D eigenvalue weighted by Crippen LogP contribution is -2.27. The molecular weight excluding hydrogens is 337 g/mol. The van der Waals surface area contributed by atoms with E-state index < -0.39 is 17.7 Å². The Morgan fingerprint density at radius 1 is 1.37 bits per heavy atom. The highest BCUT2D eigenvalue weighted by atomic mass is 79.9. The molecule has 0 radical (unpaired) electrons. The molecule has 0 atom stereocenters. The molecule has 0 aliphatic heterocycles. The van der Waals surface area contributed by atoms with E-state index in [0.717, 1.165) is 0 Å². The van der Waals surface area contributed by atoms with Gasteiger partial charge in [-0.3, -0.25) is 5.32 Å². The van der Waals surface area contributed by atoms with E-state index >= 15 is 0 Å². The third-order valence-corrected chi connectivity index (χ3v) is 2.77. The predicted molar refractivity (Wildman–Crippen MR) is 76.0 cm³/mol. The molecule has 5 nitrogen and oxygen atoms in total. The summed E-state index contributed by atoms with van der Waals surface area (Å²) in [4.78, 5) is 22.6.